The summed E-state index contributed by atoms with van der Waals surface area (Å²) in [4.78, 5) is 23.5. The van der Waals surface area contributed by atoms with Gasteiger partial charge in [0.05, 0.1) is 0 Å². The molecule has 0 heterocycles. The van der Waals surface area contributed by atoms with Crippen molar-refractivity contribution in [3.05, 3.63) is 35.9 Å². The van der Waals surface area contributed by atoms with Gasteiger partial charge in [-0.15, -0.1) is 0 Å². The molecule has 1 aliphatic rings. The van der Waals surface area contributed by atoms with E-state index in [1.54, 1.807) is 0 Å². The Hall–Kier alpha value is -2.08. The number of hydrogen-bond donors (Lipinski definition) is 4. The van der Waals surface area contributed by atoms with E-state index in [1.807, 2.05) is 30.3 Å². The van der Waals surface area contributed by atoms with Gasteiger partial charge in [-0.3, -0.25) is 4.79 Å². The summed E-state index contributed by atoms with van der Waals surface area (Å²) in [5.74, 6) is -0.459. The molecule has 0 saturated heterocycles. The van der Waals surface area contributed by atoms with Crippen molar-refractivity contribution in [2.75, 3.05) is 6.61 Å². The highest BCUT2D eigenvalue weighted by Gasteiger charge is 2.25. The molecule has 0 bridgehead atoms. The van der Waals surface area contributed by atoms with Gasteiger partial charge in [-0.05, 0) is 43.6 Å². The SMILES string of the molecule is O=C(O)CCC(Cc1ccccc1)NC(=O)NC(CCO)C1CCCCC1. The van der Waals surface area contributed by atoms with Crippen molar-refractivity contribution in [3.63, 3.8) is 0 Å². The van der Waals surface area contributed by atoms with E-state index in [4.69, 9.17) is 5.11 Å². The summed E-state index contributed by atoms with van der Waals surface area (Å²) in [7, 11) is 0. The van der Waals surface area contributed by atoms with Crippen LogP contribution in [0, 0.1) is 5.92 Å². The fraction of sp³-hybridized carbons (Fsp3) is 0.619. The molecule has 6 heteroatoms. The molecular formula is C21H32N2O4. The third-order valence-corrected chi connectivity index (χ3v) is 5.34. The lowest BCUT2D eigenvalue weighted by Gasteiger charge is -2.31. The maximum Gasteiger partial charge on any atom is 0.315 e. The van der Waals surface area contributed by atoms with E-state index in [1.165, 1.54) is 19.3 Å². The number of carboxylic acids is 1. The zero-order chi connectivity index (χ0) is 19.5. The normalized spacial score (nSPS) is 17.1. The van der Waals surface area contributed by atoms with Gasteiger partial charge in [0.25, 0.3) is 0 Å². The number of amides is 2. The summed E-state index contributed by atoms with van der Waals surface area (Å²) in [6.07, 6.45) is 7.28. The van der Waals surface area contributed by atoms with Crippen LogP contribution in [0.2, 0.25) is 0 Å². The van der Waals surface area contributed by atoms with Gasteiger partial charge in [-0.2, -0.15) is 0 Å². The van der Waals surface area contributed by atoms with Crippen molar-refractivity contribution in [1.29, 1.82) is 0 Å². The quantitative estimate of drug-likeness (QED) is 0.504. The van der Waals surface area contributed by atoms with Crippen molar-refractivity contribution in [2.24, 2.45) is 5.92 Å². The highest BCUT2D eigenvalue weighted by molar-refractivity contribution is 5.74. The van der Waals surface area contributed by atoms with Gasteiger partial charge < -0.3 is 20.8 Å². The second-order valence-electron chi connectivity index (χ2n) is 7.45. The molecule has 1 fully saturated rings. The molecule has 0 radical (unpaired) electrons. The largest absolute Gasteiger partial charge is 0.481 e. The average Bonchev–Trinajstić information content (AvgIpc) is 2.67. The number of aliphatic hydroxyl groups is 1. The molecule has 0 aromatic heterocycles. The molecule has 6 nitrogen and oxygen atoms in total. The first kappa shape index (κ1) is 21.2. The van der Waals surface area contributed by atoms with Crippen LogP contribution in [0.15, 0.2) is 30.3 Å². The summed E-state index contributed by atoms with van der Waals surface area (Å²) < 4.78 is 0. The van der Waals surface area contributed by atoms with Crippen LogP contribution >= 0.6 is 0 Å². The Morgan fingerprint density at radius 1 is 1.04 bits per heavy atom. The molecule has 2 rings (SSSR count). The van der Waals surface area contributed by atoms with Crippen LogP contribution in [0.3, 0.4) is 0 Å². The zero-order valence-corrected chi connectivity index (χ0v) is 15.9. The molecule has 1 aromatic rings. The predicted octanol–water partition coefficient (Wildman–Crippen LogP) is 3.09. The van der Waals surface area contributed by atoms with Gasteiger partial charge in [0.15, 0.2) is 0 Å². The van der Waals surface area contributed by atoms with E-state index in [9.17, 15) is 14.7 Å². The van der Waals surface area contributed by atoms with Crippen LogP contribution in [0.5, 0.6) is 0 Å². The van der Waals surface area contributed by atoms with E-state index in [2.05, 4.69) is 10.6 Å². The number of aliphatic carboxylic acids is 1. The van der Waals surface area contributed by atoms with Crippen LogP contribution < -0.4 is 10.6 Å². The molecule has 0 spiro atoms. The number of rotatable bonds is 10. The van der Waals surface area contributed by atoms with Crippen LogP contribution in [-0.2, 0) is 11.2 Å². The fourth-order valence-corrected chi connectivity index (χ4v) is 3.92. The first-order valence-electron chi connectivity index (χ1n) is 10.0. The minimum absolute atomic E-state index is 0.0144. The minimum atomic E-state index is -0.865. The van der Waals surface area contributed by atoms with Gasteiger partial charge in [0.1, 0.15) is 0 Å². The van der Waals surface area contributed by atoms with Crippen LogP contribution in [0.25, 0.3) is 0 Å². The first-order chi connectivity index (χ1) is 13.1. The molecule has 2 amide bonds. The molecule has 1 saturated carbocycles. The van der Waals surface area contributed by atoms with E-state index >= 15 is 0 Å². The van der Waals surface area contributed by atoms with Crippen molar-refractivity contribution in [1.82, 2.24) is 10.6 Å². The number of carboxylic acid groups (broad SMARTS) is 1. The molecule has 2 unspecified atom stereocenters. The molecule has 2 atom stereocenters. The summed E-state index contributed by atoms with van der Waals surface area (Å²) >= 11 is 0. The Labute approximate surface area is 161 Å². The van der Waals surface area contributed by atoms with Crippen LogP contribution in [0.1, 0.15) is 56.9 Å². The Morgan fingerprint density at radius 2 is 1.74 bits per heavy atom. The number of hydrogen-bond acceptors (Lipinski definition) is 3. The number of benzene rings is 1. The van der Waals surface area contributed by atoms with Crippen molar-refractivity contribution < 1.29 is 19.8 Å². The molecule has 1 aromatic carbocycles. The standard InChI is InChI=1S/C21H32N2O4/c24-14-13-19(17-9-5-2-6-10-17)23-21(27)22-18(11-12-20(25)26)15-16-7-3-1-4-8-16/h1,3-4,7-8,17-19,24H,2,5-6,9-15H2,(H,25,26)(H2,22,23,27). The maximum atomic E-state index is 12.6. The molecule has 1 aliphatic carbocycles. The number of nitrogens with one attached hydrogen (secondary N) is 2. The summed E-state index contributed by atoms with van der Waals surface area (Å²) in [6.45, 7) is 0.0495. The van der Waals surface area contributed by atoms with Gasteiger partial charge in [-0.1, -0.05) is 49.6 Å². The highest BCUT2D eigenvalue weighted by atomic mass is 16.4. The lowest BCUT2D eigenvalue weighted by atomic mass is 9.83. The monoisotopic (exact) mass is 376 g/mol. The van der Waals surface area contributed by atoms with E-state index in [-0.39, 0.29) is 31.1 Å². The van der Waals surface area contributed by atoms with Gasteiger partial charge >= 0.3 is 12.0 Å². The number of carbonyl (C=O) groups is 2. The van der Waals surface area contributed by atoms with Gasteiger partial charge in [0.2, 0.25) is 0 Å². The average molecular weight is 376 g/mol. The number of urea groups is 1. The van der Waals surface area contributed by atoms with E-state index in [0.717, 1.165) is 18.4 Å². The van der Waals surface area contributed by atoms with Crippen LogP contribution in [-0.4, -0.2) is 40.9 Å². The number of carbonyl (C=O) groups excluding carboxylic acids is 1. The summed E-state index contributed by atoms with van der Waals surface area (Å²) in [6, 6.07) is 9.20. The molecule has 4 N–H and O–H groups in total. The van der Waals surface area contributed by atoms with E-state index in [0.29, 0.717) is 25.2 Å². The Morgan fingerprint density at radius 3 is 2.37 bits per heavy atom. The van der Waals surface area contributed by atoms with Gasteiger partial charge in [-0.25, -0.2) is 4.79 Å². The highest BCUT2D eigenvalue weighted by Crippen LogP contribution is 2.27. The van der Waals surface area contributed by atoms with E-state index < -0.39 is 5.97 Å². The topological polar surface area (TPSA) is 98.7 Å². The zero-order valence-electron chi connectivity index (χ0n) is 15.9. The Bertz CT molecular complexity index is 573. The van der Waals surface area contributed by atoms with Crippen LogP contribution in [0.4, 0.5) is 4.79 Å². The molecule has 0 aliphatic heterocycles. The molecule has 27 heavy (non-hydrogen) atoms. The minimum Gasteiger partial charge on any atom is -0.481 e. The lowest BCUT2D eigenvalue weighted by molar-refractivity contribution is -0.137. The summed E-state index contributed by atoms with van der Waals surface area (Å²) in [5, 5.41) is 24.3. The lowest BCUT2D eigenvalue weighted by Crippen LogP contribution is -2.49. The smallest absolute Gasteiger partial charge is 0.315 e. The molecular weight excluding hydrogens is 344 g/mol. The Balaban J connectivity index is 1.94. The summed E-state index contributed by atoms with van der Waals surface area (Å²) in [5.41, 5.74) is 1.06. The third-order valence-electron chi connectivity index (χ3n) is 5.34. The van der Waals surface area contributed by atoms with Crippen molar-refractivity contribution in [2.45, 2.75) is 69.9 Å². The third kappa shape index (κ3) is 7.99. The predicted molar refractivity (Wildman–Crippen MR) is 105 cm³/mol. The van der Waals surface area contributed by atoms with Crippen molar-refractivity contribution >= 4 is 12.0 Å². The Kier molecular flexibility index (Phi) is 9.11. The fourth-order valence-electron chi connectivity index (χ4n) is 3.92. The maximum absolute atomic E-state index is 12.6. The second-order valence-corrected chi connectivity index (χ2v) is 7.45. The van der Waals surface area contributed by atoms with Crippen molar-refractivity contribution in [3.8, 4) is 0 Å². The van der Waals surface area contributed by atoms with Gasteiger partial charge in [0, 0.05) is 25.1 Å². The molecule has 150 valence electrons. The first-order valence-corrected chi connectivity index (χ1v) is 10.0. The second kappa shape index (κ2) is 11.6. The number of aliphatic hydroxyl groups excluding tert-OH is 1.